The minimum Gasteiger partial charge on any atom is -0.393 e. The highest BCUT2D eigenvalue weighted by atomic mass is 31.0. The molecule has 0 aromatic rings. The Hall–Kier alpha value is 0.0200. The number of hydrogen-bond acceptors (Lipinski definition) is 3. The lowest BCUT2D eigenvalue weighted by Gasteiger charge is -2.35. The number of aliphatic hydroxyl groups excluding tert-OH is 1. The Balaban J connectivity index is 2.72. The molecule has 0 radical (unpaired) electrons. The molecule has 3 nitrogen and oxygen atoms in total. The van der Waals surface area contributed by atoms with E-state index in [1.165, 1.54) is 0 Å². The number of ether oxygens (including phenoxy) is 1. The third-order valence-corrected chi connectivity index (χ3v) is 2.77. The van der Waals surface area contributed by atoms with E-state index in [-0.39, 0.29) is 18.0 Å². The van der Waals surface area contributed by atoms with Gasteiger partial charge in [0, 0.05) is 12.3 Å². The molecule has 3 unspecified atom stereocenters. The van der Waals surface area contributed by atoms with Crippen molar-refractivity contribution in [1.82, 2.24) is 0 Å². The molecule has 1 rings (SSSR count). The van der Waals surface area contributed by atoms with E-state index in [4.69, 9.17) is 4.74 Å². The van der Waals surface area contributed by atoms with Gasteiger partial charge in [0.1, 0.15) is 5.60 Å². The monoisotopic (exact) mass is 204 g/mol. The Morgan fingerprint density at radius 3 is 2.77 bits per heavy atom. The van der Waals surface area contributed by atoms with E-state index in [2.05, 4.69) is 9.24 Å². The molecule has 1 fully saturated rings. The first-order valence-electron chi connectivity index (χ1n) is 4.67. The molecule has 1 heterocycles. The first-order chi connectivity index (χ1) is 6.12. The van der Waals surface area contributed by atoms with Crippen LogP contribution in [0.1, 0.15) is 26.2 Å². The number of rotatable bonds is 3. The van der Waals surface area contributed by atoms with E-state index in [0.717, 1.165) is 12.8 Å². The second kappa shape index (κ2) is 4.50. The summed E-state index contributed by atoms with van der Waals surface area (Å²) < 4.78 is 5.42. The molecule has 0 bridgehead atoms. The van der Waals surface area contributed by atoms with Gasteiger partial charge in [0.25, 0.3) is 0 Å². The zero-order valence-corrected chi connectivity index (χ0v) is 9.11. The van der Waals surface area contributed by atoms with Crippen LogP contribution in [0, 0.1) is 0 Å². The lowest BCUT2D eigenvalue weighted by atomic mass is 9.89. The number of aliphatic hydroxyl groups is 1. The Labute approximate surface area is 81.1 Å². The molecule has 1 N–H and O–H groups in total. The molecule has 0 aromatic carbocycles. The van der Waals surface area contributed by atoms with Gasteiger partial charge in [0.15, 0.2) is 5.78 Å². The van der Waals surface area contributed by atoms with E-state index in [1.54, 1.807) is 0 Å². The molecule has 3 atom stereocenters. The molecule has 0 aliphatic carbocycles. The summed E-state index contributed by atoms with van der Waals surface area (Å²) in [4.78, 5) is 11.7. The standard InChI is InChI=1S/C9H17O3P/c1-7(13)8(11)9(6-10)4-2-3-5-12-9/h7,10H,2-6,13H2,1H3. The van der Waals surface area contributed by atoms with E-state index in [1.807, 2.05) is 6.92 Å². The number of hydrogen-bond donors (Lipinski definition) is 1. The number of ketones is 1. The average molecular weight is 204 g/mol. The lowest BCUT2D eigenvalue weighted by molar-refractivity contribution is -0.157. The van der Waals surface area contributed by atoms with Crippen LogP contribution < -0.4 is 0 Å². The predicted octanol–water partition coefficient (Wildman–Crippen LogP) is 0.751. The Morgan fingerprint density at radius 2 is 2.38 bits per heavy atom. The highest BCUT2D eigenvalue weighted by Crippen LogP contribution is 2.28. The quantitative estimate of drug-likeness (QED) is 0.690. The minimum atomic E-state index is -0.903. The van der Waals surface area contributed by atoms with Crippen LogP contribution in [0.25, 0.3) is 0 Å². The molecule has 0 aromatic heterocycles. The Bertz CT molecular complexity index is 185. The van der Waals surface area contributed by atoms with Crippen molar-refractivity contribution in [3.63, 3.8) is 0 Å². The van der Waals surface area contributed by atoms with E-state index >= 15 is 0 Å². The van der Waals surface area contributed by atoms with Crippen molar-refractivity contribution in [2.45, 2.75) is 37.4 Å². The van der Waals surface area contributed by atoms with Crippen LogP contribution in [0.2, 0.25) is 0 Å². The van der Waals surface area contributed by atoms with Crippen LogP contribution >= 0.6 is 9.24 Å². The molecule has 0 saturated carbocycles. The smallest absolute Gasteiger partial charge is 0.173 e. The van der Waals surface area contributed by atoms with Crippen LogP contribution in [0.5, 0.6) is 0 Å². The molecule has 4 heteroatoms. The topological polar surface area (TPSA) is 46.5 Å². The molecule has 1 aliphatic rings. The third-order valence-electron chi connectivity index (χ3n) is 2.47. The Kier molecular flexibility index (Phi) is 3.84. The van der Waals surface area contributed by atoms with E-state index in [0.29, 0.717) is 13.0 Å². The Morgan fingerprint density at radius 1 is 1.69 bits per heavy atom. The van der Waals surface area contributed by atoms with E-state index < -0.39 is 5.60 Å². The van der Waals surface area contributed by atoms with Gasteiger partial charge in [-0.05, 0) is 19.3 Å². The SMILES string of the molecule is CC(P)C(=O)C1(CO)CCCCO1. The normalized spacial score (nSPS) is 31.3. The van der Waals surface area contributed by atoms with Crippen molar-refractivity contribution in [3.05, 3.63) is 0 Å². The molecule has 13 heavy (non-hydrogen) atoms. The van der Waals surface area contributed by atoms with Gasteiger partial charge in [-0.3, -0.25) is 4.79 Å². The fourth-order valence-electron chi connectivity index (χ4n) is 1.66. The maximum absolute atomic E-state index is 11.7. The average Bonchev–Trinajstić information content (AvgIpc) is 2.17. The summed E-state index contributed by atoms with van der Waals surface area (Å²) in [6.45, 7) is 2.20. The van der Waals surface area contributed by atoms with E-state index in [9.17, 15) is 9.90 Å². The second-order valence-corrected chi connectivity index (χ2v) is 4.61. The van der Waals surface area contributed by atoms with Gasteiger partial charge in [-0.25, -0.2) is 0 Å². The minimum absolute atomic E-state index is 0.000278. The van der Waals surface area contributed by atoms with Gasteiger partial charge in [0.2, 0.25) is 0 Å². The number of Topliss-reactive ketones (excluding diaryl/α,β-unsaturated/α-hetero) is 1. The van der Waals surface area contributed by atoms with Crippen molar-refractivity contribution < 1.29 is 14.6 Å². The number of carbonyl (C=O) groups is 1. The zero-order valence-electron chi connectivity index (χ0n) is 7.95. The molecular formula is C9H17O3P. The van der Waals surface area contributed by atoms with Crippen molar-refractivity contribution in [2.75, 3.05) is 13.2 Å². The van der Waals surface area contributed by atoms with Crippen LogP contribution in [0.4, 0.5) is 0 Å². The van der Waals surface area contributed by atoms with Crippen LogP contribution in [0.15, 0.2) is 0 Å². The maximum atomic E-state index is 11.7. The summed E-state index contributed by atoms with van der Waals surface area (Å²) in [5.74, 6) is -0.000278. The summed E-state index contributed by atoms with van der Waals surface area (Å²) in [5.41, 5.74) is -1.05. The van der Waals surface area contributed by atoms with Gasteiger partial charge in [-0.2, -0.15) is 0 Å². The zero-order chi connectivity index (χ0) is 9.90. The summed E-state index contributed by atoms with van der Waals surface area (Å²) >= 11 is 0. The highest BCUT2D eigenvalue weighted by Gasteiger charge is 2.41. The van der Waals surface area contributed by atoms with Gasteiger partial charge < -0.3 is 9.84 Å². The summed E-state index contributed by atoms with van der Waals surface area (Å²) in [6.07, 6.45) is 2.60. The second-order valence-electron chi connectivity index (χ2n) is 3.61. The van der Waals surface area contributed by atoms with Crippen molar-refractivity contribution >= 4 is 15.0 Å². The molecule has 0 spiro atoms. The summed E-state index contributed by atoms with van der Waals surface area (Å²) in [5, 5.41) is 9.21. The maximum Gasteiger partial charge on any atom is 0.173 e. The van der Waals surface area contributed by atoms with Crippen LogP contribution in [0.3, 0.4) is 0 Å². The van der Waals surface area contributed by atoms with Crippen LogP contribution in [-0.4, -0.2) is 35.4 Å². The van der Waals surface area contributed by atoms with Crippen molar-refractivity contribution in [1.29, 1.82) is 0 Å². The molecular weight excluding hydrogens is 187 g/mol. The van der Waals surface area contributed by atoms with Gasteiger partial charge in [0.05, 0.1) is 6.61 Å². The molecule has 1 saturated heterocycles. The summed E-state index contributed by atoms with van der Waals surface area (Å²) in [6, 6.07) is 0. The van der Waals surface area contributed by atoms with Gasteiger partial charge >= 0.3 is 0 Å². The van der Waals surface area contributed by atoms with Crippen LogP contribution in [-0.2, 0) is 9.53 Å². The van der Waals surface area contributed by atoms with Crippen molar-refractivity contribution in [3.8, 4) is 0 Å². The number of carbonyl (C=O) groups excluding carboxylic acids is 1. The fraction of sp³-hybridized carbons (Fsp3) is 0.889. The van der Waals surface area contributed by atoms with Crippen molar-refractivity contribution in [2.24, 2.45) is 0 Å². The molecule has 0 amide bonds. The molecule has 76 valence electrons. The predicted molar refractivity (Wildman–Crippen MR) is 53.8 cm³/mol. The lowest BCUT2D eigenvalue weighted by Crippen LogP contribution is -2.50. The first kappa shape index (κ1) is 11.1. The third kappa shape index (κ3) is 2.28. The molecule has 1 aliphatic heterocycles. The van der Waals surface area contributed by atoms with Gasteiger partial charge in [-0.15, -0.1) is 9.24 Å². The highest BCUT2D eigenvalue weighted by molar-refractivity contribution is 7.19. The first-order valence-corrected chi connectivity index (χ1v) is 5.34. The van der Waals surface area contributed by atoms with Gasteiger partial charge in [-0.1, -0.05) is 6.92 Å². The fourth-order valence-corrected chi connectivity index (χ4v) is 1.97. The summed E-state index contributed by atoms with van der Waals surface area (Å²) in [7, 11) is 2.45. The largest absolute Gasteiger partial charge is 0.393 e.